The molecule has 4 atom stereocenters. The number of hydrogen-bond acceptors (Lipinski definition) is 10. The molecule has 0 aliphatic carbocycles. The van der Waals surface area contributed by atoms with Gasteiger partial charge in [-0.25, -0.2) is 0 Å². The SMILES string of the molecule is CCOCCCO[SiH2]C(C)CCN(CCC(C)[SiH](OCC)OCC)c1ccc(N(CCC(C)[SiH2]OCCCOCC)CCC(C)[SiH](OCC)OCC)cc1. The molecule has 0 spiro atoms. The fourth-order valence-corrected chi connectivity index (χ4v) is 12.2. The van der Waals surface area contributed by atoms with Gasteiger partial charge in [-0.2, -0.15) is 0 Å². The van der Waals surface area contributed by atoms with E-state index in [-0.39, 0.29) is 0 Å². The van der Waals surface area contributed by atoms with E-state index in [0.29, 0.717) is 22.2 Å². The molecule has 1 aromatic rings. The van der Waals surface area contributed by atoms with Crippen LogP contribution >= 0.6 is 0 Å². The topological polar surface area (TPSA) is 80.3 Å². The van der Waals surface area contributed by atoms with E-state index in [1.54, 1.807) is 0 Å². The summed E-state index contributed by atoms with van der Waals surface area (Å²) in [6.45, 7) is 33.4. The molecule has 54 heavy (non-hydrogen) atoms. The van der Waals surface area contributed by atoms with E-state index >= 15 is 0 Å². The van der Waals surface area contributed by atoms with Crippen LogP contribution in [0.3, 0.4) is 0 Å². The average Bonchev–Trinajstić information content (AvgIpc) is 3.17. The maximum absolute atomic E-state index is 6.15. The van der Waals surface area contributed by atoms with Crippen molar-refractivity contribution < 1.29 is 36.0 Å². The fourth-order valence-electron chi connectivity index (χ4n) is 6.32. The van der Waals surface area contributed by atoms with Gasteiger partial charge in [0, 0.05) is 104 Å². The highest BCUT2D eigenvalue weighted by Gasteiger charge is 2.24. The molecule has 10 nitrogen and oxygen atoms in total. The van der Waals surface area contributed by atoms with Crippen LogP contribution in [0.15, 0.2) is 24.3 Å². The van der Waals surface area contributed by atoms with Gasteiger partial charge in [-0.15, -0.1) is 0 Å². The second-order valence-electron chi connectivity index (χ2n) is 14.6. The lowest BCUT2D eigenvalue weighted by Crippen LogP contribution is -2.33. The summed E-state index contributed by atoms with van der Waals surface area (Å²) in [5, 5.41) is 0. The fraction of sp³-hybridized carbons (Fsp3) is 0.850. The van der Waals surface area contributed by atoms with Gasteiger partial charge in [-0.1, -0.05) is 27.7 Å². The van der Waals surface area contributed by atoms with Gasteiger partial charge in [0.05, 0.1) is 0 Å². The van der Waals surface area contributed by atoms with Gasteiger partial charge in [0.2, 0.25) is 0 Å². The summed E-state index contributed by atoms with van der Waals surface area (Å²) in [5.74, 6) is 0. The number of rotatable bonds is 38. The normalized spacial score (nSPS) is 14.6. The largest absolute Gasteiger partial charge is 0.424 e. The van der Waals surface area contributed by atoms with Crippen LogP contribution in [0.2, 0.25) is 22.2 Å². The summed E-state index contributed by atoms with van der Waals surface area (Å²) in [6, 6.07) is 9.39. The molecule has 0 N–H and O–H groups in total. The molecule has 0 heterocycles. The zero-order valence-corrected chi connectivity index (χ0v) is 41.6. The first kappa shape index (κ1) is 51.4. The van der Waals surface area contributed by atoms with Crippen molar-refractivity contribution in [2.45, 2.75) is 130 Å². The van der Waals surface area contributed by atoms with Crippen LogP contribution in [0, 0.1) is 0 Å². The minimum Gasteiger partial charge on any atom is -0.424 e. The molecule has 0 aliphatic heterocycles. The van der Waals surface area contributed by atoms with Crippen molar-refractivity contribution in [3.05, 3.63) is 24.3 Å². The van der Waals surface area contributed by atoms with Crippen LogP contribution in [0.5, 0.6) is 0 Å². The minimum atomic E-state index is -1.72. The highest BCUT2D eigenvalue weighted by molar-refractivity contribution is 6.46. The van der Waals surface area contributed by atoms with E-state index in [9.17, 15) is 0 Å². The Morgan fingerprint density at radius 1 is 0.481 bits per heavy atom. The van der Waals surface area contributed by atoms with Crippen molar-refractivity contribution in [2.24, 2.45) is 0 Å². The maximum Gasteiger partial charge on any atom is 0.324 e. The van der Waals surface area contributed by atoms with E-state index in [2.05, 4.69) is 89.5 Å². The van der Waals surface area contributed by atoms with Crippen LogP contribution in [0.4, 0.5) is 11.4 Å². The van der Waals surface area contributed by atoms with Crippen molar-refractivity contribution >= 4 is 49.5 Å². The number of ether oxygens (including phenoxy) is 2. The van der Waals surface area contributed by atoms with Gasteiger partial charge < -0.3 is 45.8 Å². The van der Waals surface area contributed by atoms with Crippen molar-refractivity contribution in [1.29, 1.82) is 0 Å². The van der Waals surface area contributed by atoms with Crippen LogP contribution in [-0.4, -0.2) is 130 Å². The Morgan fingerprint density at radius 3 is 1.13 bits per heavy atom. The summed E-state index contributed by atoms with van der Waals surface area (Å²) >= 11 is 0. The Labute approximate surface area is 340 Å². The van der Waals surface area contributed by atoms with Crippen LogP contribution in [0.25, 0.3) is 0 Å². The number of anilines is 2. The third-order valence-electron chi connectivity index (χ3n) is 9.69. The summed E-state index contributed by atoms with van der Waals surface area (Å²) < 4.78 is 47.7. The number of nitrogens with zero attached hydrogens (tertiary/aromatic N) is 2. The smallest absolute Gasteiger partial charge is 0.324 e. The van der Waals surface area contributed by atoms with E-state index in [0.717, 1.165) is 131 Å². The van der Waals surface area contributed by atoms with E-state index < -0.39 is 38.1 Å². The molecular weight excluding hydrogens is 749 g/mol. The molecule has 0 aromatic heterocycles. The van der Waals surface area contributed by atoms with Gasteiger partial charge in [0.25, 0.3) is 0 Å². The second-order valence-corrected chi connectivity index (χ2v) is 24.0. The molecular formula is C40H84N2O8Si4. The second kappa shape index (κ2) is 34.4. The van der Waals surface area contributed by atoms with Crippen LogP contribution in [0.1, 0.15) is 108 Å². The summed E-state index contributed by atoms with van der Waals surface area (Å²) in [5.41, 5.74) is 4.68. The lowest BCUT2D eigenvalue weighted by Gasteiger charge is -2.31. The van der Waals surface area contributed by atoms with Gasteiger partial charge in [0.1, 0.15) is 0 Å². The minimum absolute atomic E-state index is 0.435. The monoisotopic (exact) mass is 833 g/mol. The molecule has 0 aliphatic rings. The molecule has 4 unspecified atom stereocenters. The standard InChI is InChI=1S/C40H84N2O8Si4/c1-11-43-31-17-33-45-51-35(7)23-27-41(29-25-37(9)53(47-13-3)48-14-4)39-19-21-40(22-20-39)42(30-26-38(10)54(49-15-5)50-16-6)28-24-36(8)52-46-34-18-32-44-12-2/h19-22,35-38,53-54H,11-18,23-34,51-52H2,1-10H3. The zero-order valence-electron chi connectivity index (χ0n) is 36.5. The van der Waals surface area contributed by atoms with Crippen molar-refractivity contribution in [1.82, 2.24) is 0 Å². The predicted molar refractivity (Wildman–Crippen MR) is 239 cm³/mol. The molecule has 1 rings (SSSR count). The highest BCUT2D eigenvalue weighted by Crippen LogP contribution is 2.27. The Balaban J connectivity index is 3.10. The summed E-state index contributed by atoms with van der Waals surface area (Å²) in [7, 11) is -4.62. The van der Waals surface area contributed by atoms with Crippen molar-refractivity contribution in [3.8, 4) is 0 Å². The lowest BCUT2D eigenvalue weighted by molar-refractivity contribution is 0.131. The van der Waals surface area contributed by atoms with Gasteiger partial charge in [-0.3, -0.25) is 0 Å². The first-order valence-corrected chi connectivity index (χ1v) is 27.6. The van der Waals surface area contributed by atoms with Crippen LogP contribution in [-0.2, 0) is 36.0 Å². The predicted octanol–water partition coefficient (Wildman–Crippen LogP) is 6.90. The lowest BCUT2D eigenvalue weighted by atomic mass is 10.2. The Kier molecular flexibility index (Phi) is 32.7. The number of benzene rings is 1. The maximum atomic E-state index is 6.15. The van der Waals surface area contributed by atoms with Crippen LogP contribution < -0.4 is 9.80 Å². The number of hydrogen-bond donors (Lipinski definition) is 0. The molecule has 0 fully saturated rings. The van der Waals surface area contributed by atoms with E-state index in [1.165, 1.54) is 11.4 Å². The third kappa shape index (κ3) is 24.2. The molecule has 0 saturated carbocycles. The molecule has 1 aromatic carbocycles. The molecule has 0 saturated heterocycles. The van der Waals surface area contributed by atoms with Gasteiger partial charge >= 0.3 is 18.6 Å². The van der Waals surface area contributed by atoms with Crippen molar-refractivity contribution in [3.63, 3.8) is 0 Å². The molecule has 0 bridgehead atoms. The summed E-state index contributed by atoms with van der Waals surface area (Å²) in [4.78, 5) is 5.18. The van der Waals surface area contributed by atoms with Gasteiger partial charge in [0.15, 0.2) is 19.5 Å². The molecule has 0 radical (unpaired) electrons. The van der Waals surface area contributed by atoms with E-state index in [4.69, 9.17) is 36.0 Å². The zero-order chi connectivity index (χ0) is 39.8. The van der Waals surface area contributed by atoms with E-state index in [1.807, 2.05) is 13.8 Å². The Bertz CT molecular complexity index is 889. The first-order valence-electron chi connectivity index (χ1n) is 21.6. The average molecular weight is 833 g/mol. The summed E-state index contributed by atoms with van der Waals surface area (Å²) in [6.07, 6.45) is 6.35. The Morgan fingerprint density at radius 2 is 0.815 bits per heavy atom. The molecule has 318 valence electrons. The van der Waals surface area contributed by atoms with Crippen molar-refractivity contribution in [2.75, 3.05) is 102 Å². The first-order chi connectivity index (χ1) is 26.2. The quantitative estimate of drug-likeness (QED) is 0.0519. The molecule has 14 heteroatoms. The Hall–Kier alpha value is -0.632. The molecule has 0 amide bonds. The highest BCUT2D eigenvalue weighted by atomic mass is 28.3. The third-order valence-corrected chi connectivity index (χ3v) is 17.9. The van der Waals surface area contributed by atoms with Gasteiger partial charge in [-0.05, 0) is 126 Å².